The van der Waals surface area contributed by atoms with Crippen LogP contribution in [0.2, 0.25) is 0 Å². The Hall–Kier alpha value is -4.10. The number of pyridine rings is 1. The lowest BCUT2D eigenvalue weighted by molar-refractivity contribution is 0.0950. The molecule has 0 unspecified atom stereocenters. The van der Waals surface area contributed by atoms with E-state index in [1.807, 2.05) is 12.1 Å². The smallest absolute Gasteiger partial charge is 0.251 e. The van der Waals surface area contributed by atoms with Gasteiger partial charge in [-0.25, -0.2) is 8.78 Å². The quantitative estimate of drug-likeness (QED) is 0.287. The molecular weight excluding hydrogens is 484 g/mol. The van der Waals surface area contributed by atoms with Crippen LogP contribution in [-0.4, -0.2) is 28.9 Å². The van der Waals surface area contributed by atoms with E-state index in [1.54, 1.807) is 37.4 Å². The number of hydrogen-bond acceptors (Lipinski definition) is 4. The van der Waals surface area contributed by atoms with Gasteiger partial charge in [-0.1, -0.05) is 24.3 Å². The third-order valence-electron chi connectivity index (χ3n) is 6.69. The number of amides is 1. The molecule has 1 aliphatic heterocycles. The number of hydrogen-bond donors (Lipinski definition) is 1. The van der Waals surface area contributed by atoms with Crippen LogP contribution in [0.1, 0.15) is 39.9 Å². The summed E-state index contributed by atoms with van der Waals surface area (Å²) in [5, 5.41) is 2.72. The molecule has 1 fully saturated rings. The Bertz CT molecular complexity index is 1430. The Morgan fingerprint density at radius 3 is 2.50 bits per heavy atom. The maximum atomic E-state index is 13.5. The highest BCUT2D eigenvalue weighted by atomic mass is 19.1. The number of nitrogens with zero attached hydrogens (tertiary/aromatic N) is 2. The molecule has 38 heavy (non-hydrogen) atoms. The van der Waals surface area contributed by atoms with Crippen molar-refractivity contribution in [1.29, 1.82) is 0 Å². The number of aromatic nitrogens is 1. The van der Waals surface area contributed by atoms with Gasteiger partial charge in [0.05, 0.1) is 5.69 Å². The molecule has 5 nitrogen and oxygen atoms in total. The van der Waals surface area contributed by atoms with Gasteiger partial charge in [0.1, 0.15) is 23.1 Å². The molecule has 2 heterocycles. The van der Waals surface area contributed by atoms with Crippen molar-refractivity contribution < 1.29 is 18.3 Å². The Morgan fingerprint density at radius 1 is 0.947 bits per heavy atom. The summed E-state index contributed by atoms with van der Waals surface area (Å²) in [6.45, 7) is 5.03. The third kappa shape index (κ3) is 6.23. The number of halogens is 2. The molecule has 1 N–H and O–H groups in total. The summed E-state index contributed by atoms with van der Waals surface area (Å²) in [6.07, 6.45) is 4.23. The molecule has 1 aromatic heterocycles. The minimum atomic E-state index is -0.684. The van der Waals surface area contributed by atoms with Crippen molar-refractivity contribution >= 4 is 5.91 Å². The number of carbonyl (C=O) groups is 1. The highest BCUT2D eigenvalue weighted by Gasteiger charge is 2.15. The van der Waals surface area contributed by atoms with Gasteiger partial charge in [-0.15, -0.1) is 0 Å². The van der Waals surface area contributed by atoms with Gasteiger partial charge in [0.25, 0.3) is 5.91 Å². The second kappa shape index (κ2) is 11.5. The first-order valence-corrected chi connectivity index (χ1v) is 12.7. The zero-order chi connectivity index (χ0) is 26.5. The molecule has 3 aromatic carbocycles. The van der Waals surface area contributed by atoms with Crippen molar-refractivity contribution in [2.45, 2.75) is 32.9 Å². The number of ether oxygens (including phenoxy) is 1. The van der Waals surface area contributed by atoms with E-state index in [4.69, 9.17) is 4.74 Å². The topological polar surface area (TPSA) is 54.5 Å². The Labute approximate surface area is 221 Å². The highest BCUT2D eigenvalue weighted by molar-refractivity contribution is 5.96. The molecule has 5 rings (SSSR count). The standard InChI is InChI=1S/C31H29F2N3O2/c1-21-28(31(37)35-19-23-15-25(32)17-26(33)16-23)8-5-9-30(21)38-27-10-11-34-29(18-27)24-7-4-6-22(14-24)20-36-12-2-3-13-36/h4-11,14-18H,2-3,12-13,19-20H2,1H3,(H,35,37). The summed E-state index contributed by atoms with van der Waals surface area (Å²) >= 11 is 0. The van der Waals surface area contributed by atoms with E-state index in [1.165, 1.54) is 30.5 Å². The maximum absolute atomic E-state index is 13.5. The van der Waals surface area contributed by atoms with E-state index < -0.39 is 11.6 Å². The summed E-state index contributed by atoms with van der Waals surface area (Å²) in [6, 6.07) is 20.5. The van der Waals surface area contributed by atoms with Crippen LogP contribution in [0.4, 0.5) is 8.78 Å². The van der Waals surface area contributed by atoms with Gasteiger partial charge in [0.2, 0.25) is 0 Å². The SMILES string of the molecule is Cc1c(Oc2ccnc(-c3cccc(CN4CCCC4)c3)c2)cccc1C(=O)NCc1cc(F)cc(F)c1. The van der Waals surface area contributed by atoms with Gasteiger partial charge >= 0.3 is 0 Å². The van der Waals surface area contributed by atoms with E-state index in [2.05, 4.69) is 33.4 Å². The second-order valence-electron chi connectivity index (χ2n) is 9.55. The number of likely N-dealkylation sites (tertiary alicyclic amines) is 1. The molecule has 0 bridgehead atoms. The van der Waals surface area contributed by atoms with E-state index in [0.717, 1.165) is 37.0 Å². The molecule has 0 spiro atoms. The molecule has 0 saturated carbocycles. The minimum absolute atomic E-state index is 0.00256. The van der Waals surface area contributed by atoms with Crippen LogP contribution in [0.15, 0.2) is 79.0 Å². The van der Waals surface area contributed by atoms with Crippen LogP contribution in [-0.2, 0) is 13.1 Å². The fraction of sp³-hybridized carbons (Fsp3) is 0.226. The van der Waals surface area contributed by atoms with Crippen LogP contribution in [0.25, 0.3) is 11.3 Å². The molecule has 4 aromatic rings. The molecule has 194 valence electrons. The molecule has 1 aliphatic rings. The van der Waals surface area contributed by atoms with E-state index in [-0.39, 0.29) is 12.5 Å². The van der Waals surface area contributed by atoms with Crippen LogP contribution < -0.4 is 10.1 Å². The summed E-state index contributed by atoms with van der Waals surface area (Å²) < 4.78 is 33.1. The Morgan fingerprint density at radius 2 is 1.71 bits per heavy atom. The first-order valence-electron chi connectivity index (χ1n) is 12.7. The van der Waals surface area contributed by atoms with Crippen molar-refractivity contribution in [3.05, 3.63) is 113 Å². The van der Waals surface area contributed by atoms with Crippen molar-refractivity contribution in [3.8, 4) is 22.8 Å². The number of benzene rings is 3. The van der Waals surface area contributed by atoms with Gasteiger partial charge in [-0.2, -0.15) is 0 Å². The average Bonchev–Trinajstić information content (AvgIpc) is 3.41. The zero-order valence-corrected chi connectivity index (χ0v) is 21.2. The predicted octanol–water partition coefficient (Wildman–Crippen LogP) is 6.65. The van der Waals surface area contributed by atoms with Crippen LogP contribution in [0, 0.1) is 18.6 Å². The van der Waals surface area contributed by atoms with Gasteiger partial charge < -0.3 is 10.1 Å². The summed E-state index contributed by atoms with van der Waals surface area (Å²) in [5.41, 5.74) is 4.50. The lowest BCUT2D eigenvalue weighted by atomic mass is 10.1. The third-order valence-corrected chi connectivity index (χ3v) is 6.69. The predicted molar refractivity (Wildman–Crippen MR) is 143 cm³/mol. The van der Waals surface area contributed by atoms with Gasteiger partial charge in [0.15, 0.2) is 0 Å². The summed E-state index contributed by atoms with van der Waals surface area (Å²) in [7, 11) is 0. The lowest BCUT2D eigenvalue weighted by Crippen LogP contribution is -2.23. The van der Waals surface area contributed by atoms with E-state index >= 15 is 0 Å². The Balaban J connectivity index is 1.29. The average molecular weight is 514 g/mol. The van der Waals surface area contributed by atoms with Crippen molar-refractivity contribution in [2.75, 3.05) is 13.1 Å². The maximum Gasteiger partial charge on any atom is 0.251 e. The number of carbonyl (C=O) groups excluding carboxylic acids is 1. The first kappa shape index (κ1) is 25.5. The number of nitrogens with one attached hydrogen (secondary N) is 1. The van der Waals surface area contributed by atoms with E-state index in [0.29, 0.717) is 28.2 Å². The first-order chi connectivity index (χ1) is 18.4. The highest BCUT2D eigenvalue weighted by Crippen LogP contribution is 2.30. The number of rotatable bonds is 8. The van der Waals surface area contributed by atoms with Crippen molar-refractivity contribution in [3.63, 3.8) is 0 Å². The molecule has 1 amide bonds. The molecule has 0 aliphatic carbocycles. The fourth-order valence-electron chi connectivity index (χ4n) is 4.75. The van der Waals surface area contributed by atoms with Crippen LogP contribution in [0.5, 0.6) is 11.5 Å². The largest absolute Gasteiger partial charge is 0.457 e. The summed E-state index contributed by atoms with van der Waals surface area (Å²) in [5.74, 6) is -0.584. The van der Waals surface area contributed by atoms with Gasteiger partial charge in [-0.3, -0.25) is 14.7 Å². The second-order valence-corrected chi connectivity index (χ2v) is 9.55. The van der Waals surface area contributed by atoms with Crippen LogP contribution in [0.3, 0.4) is 0 Å². The van der Waals surface area contributed by atoms with Crippen molar-refractivity contribution in [2.24, 2.45) is 0 Å². The molecule has 1 saturated heterocycles. The molecular formula is C31H29F2N3O2. The molecule has 0 radical (unpaired) electrons. The van der Waals surface area contributed by atoms with E-state index in [9.17, 15) is 13.6 Å². The Kier molecular flexibility index (Phi) is 7.75. The monoisotopic (exact) mass is 513 g/mol. The zero-order valence-electron chi connectivity index (χ0n) is 21.2. The fourth-order valence-corrected chi connectivity index (χ4v) is 4.75. The molecule has 0 atom stereocenters. The van der Waals surface area contributed by atoms with Gasteiger partial charge in [-0.05, 0) is 80.4 Å². The van der Waals surface area contributed by atoms with Crippen molar-refractivity contribution in [1.82, 2.24) is 15.2 Å². The summed E-state index contributed by atoms with van der Waals surface area (Å²) in [4.78, 5) is 19.9. The van der Waals surface area contributed by atoms with Gasteiger partial charge in [0, 0.05) is 48.1 Å². The minimum Gasteiger partial charge on any atom is -0.457 e. The normalized spacial score (nSPS) is 13.4. The van der Waals surface area contributed by atoms with Crippen LogP contribution >= 0.6 is 0 Å². The molecule has 7 heteroatoms. The lowest BCUT2D eigenvalue weighted by Gasteiger charge is -2.15.